The first-order chi connectivity index (χ1) is 12.8. The molecule has 1 N–H and O–H groups in total. The Morgan fingerprint density at radius 1 is 1.12 bits per heavy atom. The van der Waals surface area contributed by atoms with E-state index in [-0.39, 0.29) is 5.78 Å². The van der Waals surface area contributed by atoms with Crippen LogP contribution >= 0.6 is 0 Å². The quantitative estimate of drug-likeness (QED) is 0.704. The minimum absolute atomic E-state index is 0.124. The van der Waals surface area contributed by atoms with Crippen LogP contribution in [0.4, 0.5) is 0 Å². The molecule has 0 radical (unpaired) electrons. The van der Waals surface area contributed by atoms with Crippen molar-refractivity contribution in [2.45, 2.75) is 19.3 Å². The largest absolute Gasteiger partial charge is 0.493 e. The van der Waals surface area contributed by atoms with Crippen LogP contribution in [0.15, 0.2) is 66.6 Å². The van der Waals surface area contributed by atoms with E-state index in [4.69, 9.17) is 4.74 Å². The van der Waals surface area contributed by atoms with Crippen LogP contribution in [0.5, 0.6) is 5.75 Å². The molecular formula is C22H20N2O2. The summed E-state index contributed by atoms with van der Waals surface area (Å²) in [5.41, 5.74) is 4.85. The van der Waals surface area contributed by atoms with Crippen molar-refractivity contribution in [3.05, 3.63) is 89.0 Å². The number of aromatic amines is 1. The Bertz CT molecular complexity index is 928. The van der Waals surface area contributed by atoms with Crippen LogP contribution in [0, 0.1) is 0 Å². The third-order valence-corrected chi connectivity index (χ3v) is 4.61. The number of ether oxygens (including phenoxy) is 1. The number of fused-ring (bicyclic) bond motifs is 1. The lowest BCUT2D eigenvalue weighted by atomic mass is 9.86. The van der Waals surface area contributed by atoms with Gasteiger partial charge < -0.3 is 9.72 Å². The third kappa shape index (κ3) is 3.59. The lowest BCUT2D eigenvalue weighted by molar-refractivity contribution is 0.102. The average Bonchev–Trinajstić information content (AvgIpc) is 3.18. The second-order valence-electron chi connectivity index (χ2n) is 6.40. The van der Waals surface area contributed by atoms with Crippen LogP contribution in [-0.4, -0.2) is 22.4 Å². The summed E-state index contributed by atoms with van der Waals surface area (Å²) < 4.78 is 5.83. The number of benzene rings is 2. The fourth-order valence-corrected chi connectivity index (χ4v) is 3.23. The third-order valence-electron chi connectivity index (χ3n) is 4.61. The highest BCUT2D eigenvalue weighted by Gasteiger charge is 2.22. The molecule has 4 heteroatoms. The van der Waals surface area contributed by atoms with Gasteiger partial charge in [0.25, 0.3) is 0 Å². The molecule has 0 bridgehead atoms. The monoisotopic (exact) mass is 344 g/mol. The Morgan fingerprint density at radius 3 is 2.81 bits per heavy atom. The normalized spacial score (nSPS) is 15.1. The van der Waals surface area contributed by atoms with Gasteiger partial charge in [-0.15, -0.1) is 0 Å². The number of carbonyl (C=O) groups excluding carboxylic acids is 1. The van der Waals surface area contributed by atoms with E-state index < -0.39 is 0 Å². The van der Waals surface area contributed by atoms with Gasteiger partial charge in [0, 0.05) is 29.4 Å². The molecule has 4 nitrogen and oxygen atoms in total. The Kier molecular flexibility index (Phi) is 4.65. The predicted molar refractivity (Wildman–Crippen MR) is 101 cm³/mol. The van der Waals surface area contributed by atoms with Crippen molar-refractivity contribution >= 4 is 11.9 Å². The zero-order chi connectivity index (χ0) is 17.8. The van der Waals surface area contributed by atoms with Gasteiger partial charge in [-0.25, -0.2) is 4.98 Å². The standard InChI is InChI=1S/C22H20N2O2/c25-22-18(12-16-4-2-1-3-5-16)7-6-17-13-20(8-9-21(17)22)26-11-10-19-14-23-15-24-19/h1-5,8-9,12-15H,6-7,10-11H2,(H,23,24). The highest BCUT2D eigenvalue weighted by atomic mass is 16.5. The van der Waals surface area contributed by atoms with Gasteiger partial charge in [-0.1, -0.05) is 30.3 Å². The summed E-state index contributed by atoms with van der Waals surface area (Å²) in [6, 6.07) is 15.8. The molecule has 0 atom stereocenters. The second-order valence-corrected chi connectivity index (χ2v) is 6.40. The van der Waals surface area contributed by atoms with Crippen molar-refractivity contribution in [2.24, 2.45) is 0 Å². The molecule has 0 amide bonds. The molecule has 0 aliphatic heterocycles. The van der Waals surface area contributed by atoms with E-state index in [1.165, 1.54) is 0 Å². The number of Topliss-reactive ketones (excluding diaryl/α,β-unsaturated/α-hetero) is 1. The summed E-state index contributed by atoms with van der Waals surface area (Å²) in [7, 11) is 0. The van der Waals surface area contributed by atoms with Crippen LogP contribution in [0.3, 0.4) is 0 Å². The Balaban J connectivity index is 1.46. The van der Waals surface area contributed by atoms with Gasteiger partial charge in [-0.2, -0.15) is 0 Å². The Labute approximate surface area is 152 Å². The lowest BCUT2D eigenvalue weighted by Gasteiger charge is -2.18. The fraction of sp³-hybridized carbons (Fsp3) is 0.182. The summed E-state index contributed by atoms with van der Waals surface area (Å²) >= 11 is 0. The number of imidazole rings is 1. The van der Waals surface area contributed by atoms with E-state index in [9.17, 15) is 4.79 Å². The van der Waals surface area contributed by atoms with E-state index >= 15 is 0 Å². The van der Waals surface area contributed by atoms with Gasteiger partial charge in [0.05, 0.1) is 12.9 Å². The van der Waals surface area contributed by atoms with Crippen molar-refractivity contribution < 1.29 is 9.53 Å². The zero-order valence-corrected chi connectivity index (χ0v) is 14.4. The molecule has 0 saturated heterocycles. The number of hydrogen-bond donors (Lipinski definition) is 1. The fourth-order valence-electron chi connectivity index (χ4n) is 3.23. The van der Waals surface area contributed by atoms with Gasteiger partial charge >= 0.3 is 0 Å². The van der Waals surface area contributed by atoms with Gasteiger partial charge in [-0.05, 0) is 48.2 Å². The Hall–Kier alpha value is -3.14. The van der Waals surface area contributed by atoms with Gasteiger partial charge in [0.2, 0.25) is 0 Å². The maximum atomic E-state index is 12.8. The summed E-state index contributed by atoms with van der Waals surface area (Å²) in [4.78, 5) is 19.8. The van der Waals surface area contributed by atoms with E-state index in [1.54, 1.807) is 12.5 Å². The number of rotatable bonds is 5. The highest BCUT2D eigenvalue weighted by Crippen LogP contribution is 2.29. The predicted octanol–water partition coefficient (Wildman–Crippen LogP) is 4.24. The number of nitrogens with one attached hydrogen (secondary N) is 1. The van der Waals surface area contributed by atoms with Crippen molar-refractivity contribution in [1.82, 2.24) is 9.97 Å². The van der Waals surface area contributed by atoms with Crippen molar-refractivity contribution in [3.63, 3.8) is 0 Å². The maximum Gasteiger partial charge on any atom is 0.189 e. The minimum Gasteiger partial charge on any atom is -0.493 e. The number of aromatic nitrogens is 2. The lowest BCUT2D eigenvalue weighted by Crippen LogP contribution is -2.14. The summed E-state index contributed by atoms with van der Waals surface area (Å²) in [5.74, 6) is 0.936. The summed E-state index contributed by atoms with van der Waals surface area (Å²) in [6.45, 7) is 0.577. The molecular weight excluding hydrogens is 324 g/mol. The van der Waals surface area contributed by atoms with E-state index in [2.05, 4.69) is 9.97 Å². The first-order valence-electron chi connectivity index (χ1n) is 8.83. The van der Waals surface area contributed by atoms with Crippen LogP contribution in [0.25, 0.3) is 6.08 Å². The molecule has 0 spiro atoms. The topological polar surface area (TPSA) is 55.0 Å². The number of aryl methyl sites for hydroxylation is 1. The molecule has 130 valence electrons. The van der Waals surface area contributed by atoms with Crippen LogP contribution in [0.2, 0.25) is 0 Å². The minimum atomic E-state index is 0.124. The average molecular weight is 344 g/mol. The zero-order valence-electron chi connectivity index (χ0n) is 14.4. The molecule has 1 aliphatic rings. The number of nitrogens with zero attached hydrogens (tertiary/aromatic N) is 1. The van der Waals surface area contributed by atoms with Crippen LogP contribution in [0.1, 0.15) is 33.6 Å². The van der Waals surface area contributed by atoms with Crippen molar-refractivity contribution in [2.75, 3.05) is 6.61 Å². The van der Waals surface area contributed by atoms with E-state index in [0.29, 0.717) is 6.61 Å². The van der Waals surface area contributed by atoms with Crippen LogP contribution in [-0.2, 0) is 12.8 Å². The van der Waals surface area contributed by atoms with Crippen LogP contribution < -0.4 is 4.74 Å². The number of ketones is 1. The molecule has 3 aromatic rings. The molecule has 0 fully saturated rings. The number of hydrogen-bond acceptors (Lipinski definition) is 3. The maximum absolute atomic E-state index is 12.8. The molecule has 1 heterocycles. The summed E-state index contributed by atoms with van der Waals surface area (Å²) in [6.07, 6.45) is 7.87. The smallest absolute Gasteiger partial charge is 0.189 e. The molecule has 26 heavy (non-hydrogen) atoms. The van der Waals surface area contributed by atoms with Crippen molar-refractivity contribution in [3.8, 4) is 5.75 Å². The Morgan fingerprint density at radius 2 is 2.00 bits per heavy atom. The van der Waals surface area contributed by atoms with E-state index in [1.807, 2.05) is 54.6 Å². The van der Waals surface area contributed by atoms with Gasteiger partial charge in [-0.3, -0.25) is 4.79 Å². The summed E-state index contributed by atoms with van der Waals surface area (Å²) in [5, 5.41) is 0. The number of H-pyrrole nitrogens is 1. The van der Waals surface area contributed by atoms with Gasteiger partial charge in [0.15, 0.2) is 5.78 Å². The molecule has 4 rings (SSSR count). The molecule has 1 aromatic heterocycles. The van der Waals surface area contributed by atoms with Gasteiger partial charge in [0.1, 0.15) is 5.75 Å². The number of carbonyl (C=O) groups is 1. The first-order valence-corrected chi connectivity index (χ1v) is 8.83. The molecule has 1 aliphatic carbocycles. The van der Waals surface area contributed by atoms with Crippen molar-refractivity contribution in [1.29, 1.82) is 0 Å². The highest BCUT2D eigenvalue weighted by molar-refractivity contribution is 6.13. The SMILES string of the molecule is O=C1C(=Cc2ccccc2)CCc2cc(OCCc3cnc[nH]3)ccc21. The molecule has 0 unspecified atom stereocenters. The van der Waals surface area contributed by atoms with E-state index in [0.717, 1.165) is 53.0 Å². The first kappa shape index (κ1) is 16.3. The second kappa shape index (κ2) is 7.40. The number of allylic oxidation sites excluding steroid dienone is 1. The molecule has 0 saturated carbocycles. The molecule has 2 aromatic carbocycles.